The van der Waals surface area contributed by atoms with Crippen LogP contribution in [0.2, 0.25) is 0 Å². The molecular formula is C31H45FO. The summed E-state index contributed by atoms with van der Waals surface area (Å²) in [6.07, 6.45) is 18.5. The minimum absolute atomic E-state index is 0.252. The van der Waals surface area contributed by atoms with Crippen LogP contribution in [0.15, 0.2) is 42.5 Å². The van der Waals surface area contributed by atoms with Crippen molar-refractivity contribution in [3.05, 3.63) is 53.8 Å². The molecule has 182 valence electrons. The molecule has 0 amide bonds. The highest BCUT2D eigenvalue weighted by molar-refractivity contribution is 5.64. The Bertz CT molecular complexity index is 789. The second-order valence-corrected chi connectivity index (χ2v) is 10.2. The van der Waals surface area contributed by atoms with Gasteiger partial charge in [-0.2, -0.15) is 0 Å². The van der Waals surface area contributed by atoms with Gasteiger partial charge in [-0.25, -0.2) is 4.39 Å². The molecule has 0 heterocycles. The van der Waals surface area contributed by atoms with Crippen molar-refractivity contribution in [2.24, 2.45) is 11.8 Å². The average molecular weight is 453 g/mol. The predicted molar refractivity (Wildman–Crippen MR) is 139 cm³/mol. The minimum atomic E-state index is -0.252. The molecule has 2 aromatic rings. The number of aryl methyl sites for hydroxylation is 1. The predicted octanol–water partition coefficient (Wildman–Crippen LogP) is 9.77. The molecule has 0 unspecified atom stereocenters. The largest absolute Gasteiger partial charge is 0.490 e. The first-order valence-corrected chi connectivity index (χ1v) is 13.7. The Hall–Kier alpha value is -1.83. The fourth-order valence-electron chi connectivity index (χ4n) is 5.23. The molecule has 1 saturated carbocycles. The van der Waals surface area contributed by atoms with Crippen molar-refractivity contribution in [3.8, 4) is 16.9 Å². The Morgan fingerprint density at radius 1 is 0.727 bits per heavy atom. The van der Waals surface area contributed by atoms with Crippen molar-refractivity contribution in [3.63, 3.8) is 0 Å². The maximum Gasteiger partial charge on any atom is 0.165 e. The lowest BCUT2D eigenvalue weighted by molar-refractivity contribution is 0.173. The topological polar surface area (TPSA) is 9.23 Å². The lowest BCUT2D eigenvalue weighted by Crippen LogP contribution is -2.20. The molecule has 1 aliphatic carbocycles. The molecule has 1 aliphatic rings. The van der Waals surface area contributed by atoms with E-state index in [-0.39, 0.29) is 5.82 Å². The minimum Gasteiger partial charge on any atom is -0.490 e. The molecule has 0 bridgehead atoms. The van der Waals surface area contributed by atoms with Gasteiger partial charge in [0.25, 0.3) is 0 Å². The molecule has 3 rings (SSSR count). The molecule has 0 saturated heterocycles. The standard InChI is InChI=1S/C31H45FO/c1-3-5-6-7-8-9-10-12-26-13-15-27(16-14-26)24-33-31-22-21-29(23-30(31)32)28-19-17-25(11-4-2)18-20-28/h17-23,26-27H,3-16,24H2,1-2H3/t26-,27-. The third kappa shape index (κ3) is 8.80. The summed E-state index contributed by atoms with van der Waals surface area (Å²) in [5.41, 5.74) is 3.30. The average Bonchev–Trinajstić information content (AvgIpc) is 2.84. The van der Waals surface area contributed by atoms with Gasteiger partial charge in [0, 0.05) is 0 Å². The summed E-state index contributed by atoms with van der Waals surface area (Å²) in [7, 11) is 0. The first-order valence-electron chi connectivity index (χ1n) is 13.7. The zero-order chi connectivity index (χ0) is 23.3. The first kappa shape index (κ1) is 25.8. The van der Waals surface area contributed by atoms with Crippen LogP contribution >= 0.6 is 0 Å². The molecule has 1 fully saturated rings. The van der Waals surface area contributed by atoms with E-state index in [1.54, 1.807) is 12.1 Å². The summed E-state index contributed by atoms with van der Waals surface area (Å²) < 4.78 is 20.6. The van der Waals surface area contributed by atoms with Gasteiger partial charge in [-0.3, -0.25) is 0 Å². The Morgan fingerprint density at radius 2 is 1.36 bits per heavy atom. The van der Waals surface area contributed by atoms with Crippen molar-refractivity contribution in [1.82, 2.24) is 0 Å². The van der Waals surface area contributed by atoms with Crippen LogP contribution in [0.4, 0.5) is 4.39 Å². The van der Waals surface area contributed by atoms with Crippen molar-refractivity contribution >= 4 is 0 Å². The van der Waals surface area contributed by atoms with E-state index in [9.17, 15) is 4.39 Å². The summed E-state index contributed by atoms with van der Waals surface area (Å²) in [6.45, 7) is 5.11. The van der Waals surface area contributed by atoms with Gasteiger partial charge in [0.1, 0.15) is 0 Å². The summed E-state index contributed by atoms with van der Waals surface area (Å²) in [5.74, 6) is 1.61. The first-order chi connectivity index (χ1) is 16.2. The van der Waals surface area contributed by atoms with Gasteiger partial charge in [0.15, 0.2) is 11.6 Å². The second kappa shape index (κ2) is 14.4. The Morgan fingerprint density at radius 3 is 2.03 bits per heavy atom. The van der Waals surface area contributed by atoms with Crippen LogP contribution in [-0.2, 0) is 6.42 Å². The molecule has 0 aliphatic heterocycles. The smallest absolute Gasteiger partial charge is 0.165 e. The van der Waals surface area contributed by atoms with Gasteiger partial charge in [0.2, 0.25) is 0 Å². The maximum atomic E-state index is 14.7. The highest BCUT2D eigenvalue weighted by Gasteiger charge is 2.21. The monoisotopic (exact) mass is 452 g/mol. The zero-order valence-electron chi connectivity index (χ0n) is 21.1. The van der Waals surface area contributed by atoms with Gasteiger partial charge in [0.05, 0.1) is 6.61 Å². The fourth-order valence-corrected chi connectivity index (χ4v) is 5.23. The SMILES string of the molecule is CCCCCCCCC[C@H]1CC[C@H](COc2ccc(-c3ccc(CCC)cc3)cc2F)CC1. The Kier molecular flexibility index (Phi) is 11.3. The third-order valence-corrected chi connectivity index (χ3v) is 7.41. The molecule has 1 nitrogen and oxygen atoms in total. The number of unbranched alkanes of at least 4 members (excludes halogenated alkanes) is 6. The Balaban J connectivity index is 1.36. The van der Waals surface area contributed by atoms with E-state index in [1.165, 1.54) is 82.6 Å². The lowest BCUT2D eigenvalue weighted by atomic mass is 9.80. The molecule has 2 aromatic carbocycles. The fraction of sp³-hybridized carbons (Fsp3) is 0.613. The molecule has 0 N–H and O–H groups in total. The number of benzene rings is 2. The van der Waals surface area contributed by atoms with Gasteiger partial charge >= 0.3 is 0 Å². The van der Waals surface area contributed by atoms with Gasteiger partial charge < -0.3 is 4.74 Å². The highest BCUT2D eigenvalue weighted by atomic mass is 19.1. The van der Waals surface area contributed by atoms with E-state index in [0.29, 0.717) is 18.3 Å². The van der Waals surface area contributed by atoms with Gasteiger partial charge in [-0.15, -0.1) is 0 Å². The van der Waals surface area contributed by atoms with E-state index >= 15 is 0 Å². The quantitative estimate of drug-likeness (QED) is 0.259. The molecule has 0 atom stereocenters. The number of hydrogen-bond acceptors (Lipinski definition) is 1. The normalized spacial score (nSPS) is 18.4. The van der Waals surface area contributed by atoms with Crippen LogP contribution in [0.1, 0.15) is 103 Å². The number of halogens is 1. The van der Waals surface area contributed by atoms with Crippen LogP contribution < -0.4 is 4.74 Å². The summed E-state index contributed by atoms with van der Waals surface area (Å²) in [6, 6.07) is 13.9. The van der Waals surface area contributed by atoms with Crippen molar-refractivity contribution in [2.75, 3.05) is 6.61 Å². The Labute approximate surface area is 202 Å². The number of rotatable bonds is 14. The summed E-state index contributed by atoms with van der Waals surface area (Å²) in [4.78, 5) is 0. The van der Waals surface area contributed by atoms with Crippen LogP contribution in [0.5, 0.6) is 5.75 Å². The van der Waals surface area contributed by atoms with Crippen molar-refractivity contribution in [1.29, 1.82) is 0 Å². The van der Waals surface area contributed by atoms with E-state index in [2.05, 4.69) is 38.1 Å². The molecule has 0 spiro atoms. The van der Waals surface area contributed by atoms with Crippen LogP contribution in [0.3, 0.4) is 0 Å². The lowest BCUT2D eigenvalue weighted by Gasteiger charge is -2.28. The van der Waals surface area contributed by atoms with E-state index < -0.39 is 0 Å². The van der Waals surface area contributed by atoms with Crippen LogP contribution in [0.25, 0.3) is 11.1 Å². The molecule has 33 heavy (non-hydrogen) atoms. The molecular weight excluding hydrogens is 407 g/mol. The van der Waals surface area contributed by atoms with E-state index in [1.807, 2.05) is 6.07 Å². The van der Waals surface area contributed by atoms with Gasteiger partial charge in [-0.1, -0.05) is 115 Å². The van der Waals surface area contributed by atoms with Crippen LogP contribution in [-0.4, -0.2) is 6.61 Å². The second-order valence-electron chi connectivity index (χ2n) is 10.2. The van der Waals surface area contributed by atoms with Gasteiger partial charge in [-0.05, 0) is 59.9 Å². The van der Waals surface area contributed by atoms with E-state index in [4.69, 9.17) is 4.74 Å². The highest BCUT2D eigenvalue weighted by Crippen LogP contribution is 2.33. The maximum absolute atomic E-state index is 14.7. The third-order valence-electron chi connectivity index (χ3n) is 7.41. The molecule has 2 heteroatoms. The number of hydrogen-bond donors (Lipinski definition) is 0. The summed E-state index contributed by atoms with van der Waals surface area (Å²) >= 11 is 0. The van der Waals surface area contributed by atoms with E-state index in [0.717, 1.165) is 29.9 Å². The van der Waals surface area contributed by atoms with Crippen molar-refractivity contribution in [2.45, 2.75) is 104 Å². The van der Waals surface area contributed by atoms with Crippen molar-refractivity contribution < 1.29 is 9.13 Å². The zero-order valence-corrected chi connectivity index (χ0v) is 21.1. The molecule has 0 aromatic heterocycles. The van der Waals surface area contributed by atoms with Crippen LogP contribution in [0, 0.1) is 17.7 Å². The molecule has 0 radical (unpaired) electrons. The summed E-state index contributed by atoms with van der Waals surface area (Å²) in [5, 5.41) is 0. The number of ether oxygens (including phenoxy) is 1.